The zero-order valence-electron chi connectivity index (χ0n) is 13.5. The summed E-state index contributed by atoms with van der Waals surface area (Å²) in [5.74, 6) is 0. The Morgan fingerprint density at radius 3 is 2.29 bits per heavy atom. The predicted octanol–water partition coefficient (Wildman–Crippen LogP) is 3.68. The van der Waals surface area contributed by atoms with Gasteiger partial charge in [-0.2, -0.15) is 0 Å². The number of nitrogens with zero attached hydrogens (tertiary/aromatic N) is 1. The summed E-state index contributed by atoms with van der Waals surface area (Å²) < 4.78 is 1.20. The van der Waals surface area contributed by atoms with Crippen LogP contribution in [-0.2, 0) is 0 Å². The number of aryl methyl sites for hydroxylation is 2. The van der Waals surface area contributed by atoms with E-state index in [9.17, 15) is 0 Å². The fraction of sp³-hybridized carbons (Fsp3) is 0.647. The number of hydrogen-bond donors (Lipinski definition) is 2. The number of nitrogens with one attached hydrogen (secondary N) is 1. The number of hydrogen-bond acceptors (Lipinski definition) is 3. The molecular formula is C17H28BrN3. The van der Waals surface area contributed by atoms with Gasteiger partial charge in [0.2, 0.25) is 0 Å². The minimum Gasteiger partial charge on any atom is -0.378 e. The van der Waals surface area contributed by atoms with E-state index in [-0.39, 0.29) is 5.54 Å². The van der Waals surface area contributed by atoms with Crippen molar-refractivity contribution in [3.8, 4) is 0 Å². The van der Waals surface area contributed by atoms with Gasteiger partial charge in [0.1, 0.15) is 0 Å². The molecule has 0 aliphatic carbocycles. The summed E-state index contributed by atoms with van der Waals surface area (Å²) in [5, 5.41) is 3.74. The Morgan fingerprint density at radius 2 is 1.81 bits per heavy atom. The maximum Gasteiger partial charge on any atom is 0.0520 e. The molecular weight excluding hydrogens is 326 g/mol. The lowest BCUT2D eigenvalue weighted by Crippen LogP contribution is -2.53. The smallest absolute Gasteiger partial charge is 0.0520 e. The van der Waals surface area contributed by atoms with Crippen LogP contribution >= 0.6 is 15.9 Å². The molecule has 0 saturated carbocycles. The van der Waals surface area contributed by atoms with Gasteiger partial charge in [-0.3, -0.25) is 0 Å². The molecule has 1 heterocycles. The van der Waals surface area contributed by atoms with Crippen LogP contribution in [0.15, 0.2) is 16.6 Å². The van der Waals surface area contributed by atoms with Gasteiger partial charge < -0.3 is 16.0 Å². The summed E-state index contributed by atoms with van der Waals surface area (Å²) in [6, 6.07) is 4.43. The zero-order valence-corrected chi connectivity index (χ0v) is 15.1. The lowest BCUT2D eigenvalue weighted by Gasteiger charge is -2.42. The van der Waals surface area contributed by atoms with Crippen LogP contribution in [0.4, 0.5) is 5.69 Å². The Kier molecular flexibility index (Phi) is 5.69. The molecule has 0 radical (unpaired) electrons. The Hall–Kier alpha value is -0.580. The fourth-order valence-electron chi connectivity index (χ4n) is 3.23. The molecule has 3 N–H and O–H groups in total. The highest BCUT2D eigenvalue weighted by molar-refractivity contribution is 9.10. The molecule has 1 aromatic carbocycles. The second-order valence-electron chi connectivity index (χ2n) is 6.38. The van der Waals surface area contributed by atoms with Crippen molar-refractivity contribution in [2.24, 2.45) is 5.73 Å². The standard InChI is InChI=1S/C17H28BrN3/c1-4-7-21-8-5-17(12-19,6-9-21)20-15-10-13(2)16(18)14(3)11-15/h10-11,20H,4-9,12,19H2,1-3H3. The van der Waals surface area contributed by atoms with Gasteiger partial charge in [-0.25, -0.2) is 0 Å². The van der Waals surface area contributed by atoms with Crippen molar-refractivity contribution in [3.05, 3.63) is 27.7 Å². The second-order valence-corrected chi connectivity index (χ2v) is 7.17. The van der Waals surface area contributed by atoms with Gasteiger partial charge >= 0.3 is 0 Å². The van der Waals surface area contributed by atoms with Crippen LogP contribution in [0.5, 0.6) is 0 Å². The monoisotopic (exact) mass is 353 g/mol. The first-order valence-electron chi connectivity index (χ1n) is 7.97. The Balaban J connectivity index is 2.09. The van der Waals surface area contributed by atoms with Crippen LogP contribution < -0.4 is 11.1 Å². The summed E-state index contributed by atoms with van der Waals surface area (Å²) in [7, 11) is 0. The highest BCUT2D eigenvalue weighted by Gasteiger charge is 2.33. The number of piperidine rings is 1. The van der Waals surface area contributed by atoms with Gasteiger partial charge in [0.15, 0.2) is 0 Å². The van der Waals surface area contributed by atoms with Crippen molar-refractivity contribution in [1.29, 1.82) is 0 Å². The average Bonchev–Trinajstić information content (AvgIpc) is 2.47. The van der Waals surface area contributed by atoms with E-state index in [0.717, 1.165) is 25.9 Å². The third-order valence-electron chi connectivity index (χ3n) is 4.59. The van der Waals surface area contributed by atoms with Gasteiger partial charge in [0.25, 0.3) is 0 Å². The molecule has 118 valence electrons. The topological polar surface area (TPSA) is 41.3 Å². The molecule has 1 aliphatic heterocycles. The lowest BCUT2D eigenvalue weighted by atomic mass is 9.87. The minimum atomic E-state index is 0.0525. The van der Waals surface area contributed by atoms with Crippen LogP contribution in [0.25, 0.3) is 0 Å². The highest BCUT2D eigenvalue weighted by atomic mass is 79.9. The molecule has 0 amide bonds. The molecule has 4 heteroatoms. The van der Waals surface area contributed by atoms with Crippen LogP contribution in [0.1, 0.15) is 37.3 Å². The number of halogens is 1. The van der Waals surface area contributed by atoms with E-state index in [1.807, 2.05) is 0 Å². The van der Waals surface area contributed by atoms with Crippen molar-refractivity contribution in [2.75, 3.05) is 31.5 Å². The summed E-state index contributed by atoms with van der Waals surface area (Å²) in [6.45, 7) is 10.7. The van der Waals surface area contributed by atoms with Gasteiger partial charge in [-0.15, -0.1) is 0 Å². The maximum absolute atomic E-state index is 6.12. The first-order valence-corrected chi connectivity index (χ1v) is 8.76. The minimum absolute atomic E-state index is 0.0525. The van der Waals surface area contributed by atoms with Crippen molar-refractivity contribution in [3.63, 3.8) is 0 Å². The largest absolute Gasteiger partial charge is 0.378 e. The molecule has 3 nitrogen and oxygen atoms in total. The molecule has 0 aromatic heterocycles. The van der Waals surface area contributed by atoms with Crippen molar-refractivity contribution in [2.45, 2.75) is 45.6 Å². The maximum atomic E-state index is 6.12. The molecule has 0 bridgehead atoms. The molecule has 0 atom stereocenters. The Bertz CT molecular complexity index is 456. The quantitative estimate of drug-likeness (QED) is 0.848. The Labute approximate surface area is 137 Å². The zero-order chi connectivity index (χ0) is 15.5. The van der Waals surface area contributed by atoms with E-state index < -0.39 is 0 Å². The number of rotatable bonds is 5. The summed E-state index contributed by atoms with van der Waals surface area (Å²) in [6.07, 6.45) is 3.48. The summed E-state index contributed by atoms with van der Waals surface area (Å²) >= 11 is 3.63. The molecule has 1 aliphatic rings. The molecule has 2 rings (SSSR count). The van der Waals surface area contributed by atoms with Crippen LogP contribution in [0.3, 0.4) is 0 Å². The van der Waals surface area contributed by atoms with Gasteiger partial charge in [0, 0.05) is 29.8 Å². The SMILES string of the molecule is CCCN1CCC(CN)(Nc2cc(C)c(Br)c(C)c2)CC1. The highest BCUT2D eigenvalue weighted by Crippen LogP contribution is 2.30. The van der Waals surface area contributed by atoms with Gasteiger partial charge in [0.05, 0.1) is 5.54 Å². The molecule has 0 spiro atoms. The number of anilines is 1. The molecule has 1 saturated heterocycles. The van der Waals surface area contributed by atoms with Crippen LogP contribution in [-0.4, -0.2) is 36.6 Å². The fourth-order valence-corrected chi connectivity index (χ4v) is 3.45. The van der Waals surface area contributed by atoms with Gasteiger partial charge in [-0.05, 0) is 62.9 Å². The molecule has 1 fully saturated rings. The molecule has 0 unspecified atom stereocenters. The van der Waals surface area contributed by atoms with E-state index in [1.54, 1.807) is 0 Å². The van der Waals surface area contributed by atoms with Gasteiger partial charge in [-0.1, -0.05) is 22.9 Å². The normalized spacial score (nSPS) is 18.7. The lowest BCUT2D eigenvalue weighted by molar-refractivity contribution is 0.177. The van der Waals surface area contributed by atoms with Crippen molar-refractivity contribution in [1.82, 2.24) is 4.90 Å². The number of nitrogens with two attached hydrogens (primary N) is 1. The number of benzene rings is 1. The van der Waals surface area contributed by atoms with Crippen LogP contribution in [0, 0.1) is 13.8 Å². The second kappa shape index (κ2) is 7.12. The average molecular weight is 354 g/mol. The summed E-state index contributed by atoms with van der Waals surface area (Å²) in [4.78, 5) is 2.55. The number of likely N-dealkylation sites (tertiary alicyclic amines) is 1. The molecule has 1 aromatic rings. The Morgan fingerprint density at radius 1 is 1.24 bits per heavy atom. The summed E-state index contributed by atoms with van der Waals surface area (Å²) in [5.41, 5.74) is 9.91. The predicted molar refractivity (Wildman–Crippen MR) is 95.0 cm³/mol. The van der Waals surface area contributed by atoms with Crippen molar-refractivity contribution >= 4 is 21.6 Å². The van der Waals surface area contributed by atoms with Crippen molar-refractivity contribution < 1.29 is 0 Å². The first kappa shape index (κ1) is 16.8. The first-order chi connectivity index (χ1) is 9.99. The van der Waals surface area contributed by atoms with E-state index >= 15 is 0 Å². The van der Waals surface area contributed by atoms with E-state index in [4.69, 9.17) is 5.73 Å². The molecule has 21 heavy (non-hydrogen) atoms. The van der Waals surface area contributed by atoms with E-state index in [2.05, 4.69) is 59.1 Å². The van der Waals surface area contributed by atoms with E-state index in [1.165, 1.54) is 34.3 Å². The third-order valence-corrected chi connectivity index (χ3v) is 5.84. The van der Waals surface area contributed by atoms with E-state index in [0.29, 0.717) is 6.54 Å². The van der Waals surface area contributed by atoms with Crippen LogP contribution in [0.2, 0.25) is 0 Å². The third kappa shape index (κ3) is 3.99.